The van der Waals surface area contributed by atoms with Crippen LogP contribution in [0.25, 0.3) is 0 Å². The number of halogens is 1. The van der Waals surface area contributed by atoms with Crippen molar-refractivity contribution >= 4 is 17.6 Å². The minimum absolute atomic E-state index is 0.151. The Morgan fingerprint density at radius 3 is 2.67 bits per heavy atom. The Labute approximate surface area is 122 Å². The molecule has 1 fully saturated rings. The first-order valence-corrected chi connectivity index (χ1v) is 7.08. The third-order valence-corrected chi connectivity index (χ3v) is 3.52. The molecule has 114 valence electrons. The molecule has 21 heavy (non-hydrogen) atoms. The van der Waals surface area contributed by atoms with Crippen LogP contribution in [0.15, 0.2) is 18.2 Å². The third kappa shape index (κ3) is 4.44. The molecule has 2 rings (SSSR count). The largest absolute Gasteiger partial charge is 0.452 e. The average Bonchev–Trinajstić information content (AvgIpc) is 2.46. The number of carbonyl (C=O) groups is 2. The lowest BCUT2D eigenvalue weighted by Crippen LogP contribution is -2.38. The summed E-state index contributed by atoms with van der Waals surface area (Å²) in [5.41, 5.74) is 5.39. The normalized spacial score (nSPS) is 15.5. The van der Waals surface area contributed by atoms with Gasteiger partial charge in [-0.25, -0.2) is 9.18 Å². The van der Waals surface area contributed by atoms with Crippen molar-refractivity contribution in [3.8, 4) is 0 Å². The van der Waals surface area contributed by atoms with Crippen molar-refractivity contribution in [2.24, 2.45) is 0 Å². The van der Waals surface area contributed by atoms with Crippen molar-refractivity contribution in [3.05, 3.63) is 29.6 Å². The molecule has 0 aromatic heterocycles. The number of rotatable bonds is 4. The predicted molar refractivity (Wildman–Crippen MR) is 76.1 cm³/mol. The monoisotopic (exact) mass is 294 g/mol. The Bertz CT molecular complexity index is 528. The molecule has 1 aromatic carbocycles. The molecule has 0 unspecified atom stereocenters. The van der Waals surface area contributed by atoms with Gasteiger partial charge in [0.1, 0.15) is 5.82 Å². The van der Waals surface area contributed by atoms with E-state index in [1.807, 2.05) is 0 Å². The van der Waals surface area contributed by atoms with Crippen LogP contribution in [0.2, 0.25) is 0 Å². The SMILES string of the molecule is Nc1ccc(C(=O)OCC(=O)NC2CCCCC2)c(F)c1. The van der Waals surface area contributed by atoms with E-state index in [2.05, 4.69) is 5.32 Å². The van der Waals surface area contributed by atoms with E-state index in [1.54, 1.807) is 0 Å². The Morgan fingerprint density at radius 1 is 1.29 bits per heavy atom. The number of nitrogen functional groups attached to an aromatic ring is 1. The second-order valence-electron chi connectivity index (χ2n) is 5.22. The molecule has 3 N–H and O–H groups in total. The Balaban J connectivity index is 1.81. The zero-order valence-corrected chi connectivity index (χ0v) is 11.7. The van der Waals surface area contributed by atoms with E-state index < -0.39 is 18.4 Å². The smallest absolute Gasteiger partial charge is 0.341 e. The van der Waals surface area contributed by atoms with Crippen molar-refractivity contribution < 1.29 is 18.7 Å². The molecular weight excluding hydrogens is 275 g/mol. The molecule has 5 nitrogen and oxygen atoms in total. The third-order valence-electron chi connectivity index (χ3n) is 3.52. The minimum atomic E-state index is -0.869. The first-order valence-electron chi connectivity index (χ1n) is 7.08. The Morgan fingerprint density at radius 2 is 2.00 bits per heavy atom. The lowest BCUT2D eigenvalue weighted by molar-refractivity contribution is -0.125. The molecule has 1 aliphatic rings. The van der Waals surface area contributed by atoms with Gasteiger partial charge in [0.15, 0.2) is 6.61 Å². The van der Waals surface area contributed by atoms with Gasteiger partial charge >= 0.3 is 5.97 Å². The topological polar surface area (TPSA) is 81.4 Å². The summed E-state index contributed by atoms with van der Waals surface area (Å²) in [6.07, 6.45) is 5.29. The minimum Gasteiger partial charge on any atom is -0.452 e. The van der Waals surface area contributed by atoms with Crippen LogP contribution in [0.1, 0.15) is 42.5 Å². The van der Waals surface area contributed by atoms with E-state index in [0.717, 1.165) is 31.7 Å². The van der Waals surface area contributed by atoms with E-state index in [0.29, 0.717) is 0 Å². The van der Waals surface area contributed by atoms with E-state index >= 15 is 0 Å². The van der Waals surface area contributed by atoms with E-state index in [4.69, 9.17) is 10.5 Å². The van der Waals surface area contributed by atoms with Gasteiger partial charge in [-0.3, -0.25) is 4.79 Å². The Kier molecular flexibility index (Phi) is 5.14. The number of nitrogens with one attached hydrogen (secondary N) is 1. The van der Waals surface area contributed by atoms with Crippen LogP contribution >= 0.6 is 0 Å². The summed E-state index contributed by atoms with van der Waals surface area (Å²) >= 11 is 0. The van der Waals surface area contributed by atoms with Gasteiger partial charge in [-0.15, -0.1) is 0 Å². The summed E-state index contributed by atoms with van der Waals surface area (Å²) in [5.74, 6) is -1.98. The maximum atomic E-state index is 13.5. The highest BCUT2D eigenvalue weighted by molar-refractivity contribution is 5.91. The maximum Gasteiger partial charge on any atom is 0.341 e. The highest BCUT2D eigenvalue weighted by atomic mass is 19.1. The summed E-state index contributed by atoms with van der Waals surface area (Å²) in [4.78, 5) is 23.4. The van der Waals surface area contributed by atoms with Gasteiger partial charge < -0.3 is 15.8 Å². The van der Waals surface area contributed by atoms with E-state index in [-0.39, 0.29) is 23.2 Å². The fourth-order valence-corrected chi connectivity index (χ4v) is 2.42. The predicted octanol–water partition coefficient (Wildman–Crippen LogP) is 2.01. The molecule has 0 heterocycles. The number of amides is 1. The van der Waals surface area contributed by atoms with Crippen molar-refractivity contribution in [1.82, 2.24) is 5.32 Å². The Hall–Kier alpha value is -2.11. The molecule has 0 aliphatic heterocycles. The van der Waals surface area contributed by atoms with Crippen molar-refractivity contribution in [1.29, 1.82) is 0 Å². The summed E-state index contributed by atoms with van der Waals surface area (Å²) in [5, 5.41) is 2.82. The lowest BCUT2D eigenvalue weighted by Gasteiger charge is -2.22. The zero-order chi connectivity index (χ0) is 15.2. The number of ether oxygens (including phenoxy) is 1. The van der Waals surface area contributed by atoms with Gasteiger partial charge in [0, 0.05) is 11.7 Å². The standard InChI is InChI=1S/C15H19FN2O3/c16-13-8-10(17)6-7-12(13)15(20)21-9-14(19)18-11-4-2-1-3-5-11/h6-8,11H,1-5,9,17H2,(H,18,19). The second-order valence-corrected chi connectivity index (χ2v) is 5.22. The first-order chi connectivity index (χ1) is 10.1. The van der Waals surface area contributed by atoms with Gasteiger partial charge in [-0.1, -0.05) is 19.3 Å². The fourth-order valence-electron chi connectivity index (χ4n) is 2.42. The molecule has 1 aromatic rings. The molecule has 1 saturated carbocycles. The number of benzene rings is 1. The molecule has 1 aliphatic carbocycles. The number of anilines is 1. The average molecular weight is 294 g/mol. The van der Waals surface area contributed by atoms with E-state index in [9.17, 15) is 14.0 Å². The van der Waals surface area contributed by atoms with E-state index in [1.165, 1.54) is 18.6 Å². The van der Waals surface area contributed by atoms with Crippen molar-refractivity contribution in [3.63, 3.8) is 0 Å². The van der Waals surface area contributed by atoms with Crippen LogP contribution in [0.5, 0.6) is 0 Å². The van der Waals surface area contributed by atoms with Gasteiger partial charge in [0.2, 0.25) is 0 Å². The molecule has 0 radical (unpaired) electrons. The second kappa shape index (κ2) is 7.06. The molecule has 1 amide bonds. The molecule has 0 bridgehead atoms. The molecule has 0 atom stereocenters. The van der Waals surface area contributed by atoms with Gasteiger partial charge in [-0.2, -0.15) is 0 Å². The van der Waals surface area contributed by atoms with Crippen molar-refractivity contribution in [2.75, 3.05) is 12.3 Å². The van der Waals surface area contributed by atoms with Crippen molar-refractivity contribution in [2.45, 2.75) is 38.1 Å². The highest BCUT2D eigenvalue weighted by Crippen LogP contribution is 2.17. The summed E-state index contributed by atoms with van der Waals surface area (Å²) in [6, 6.07) is 3.84. The maximum absolute atomic E-state index is 13.5. The quantitative estimate of drug-likeness (QED) is 0.657. The fraction of sp³-hybridized carbons (Fsp3) is 0.467. The number of nitrogens with two attached hydrogens (primary N) is 1. The van der Waals surface area contributed by atoms with Crippen LogP contribution in [0.3, 0.4) is 0 Å². The van der Waals surface area contributed by atoms with Gasteiger partial charge in [-0.05, 0) is 31.0 Å². The number of esters is 1. The molecule has 0 saturated heterocycles. The number of carbonyl (C=O) groups excluding carboxylic acids is 2. The number of hydrogen-bond acceptors (Lipinski definition) is 4. The summed E-state index contributed by atoms with van der Waals surface area (Å²) < 4.78 is 18.3. The lowest BCUT2D eigenvalue weighted by atomic mass is 9.95. The summed E-state index contributed by atoms with van der Waals surface area (Å²) in [6.45, 7) is -0.404. The van der Waals surface area contributed by atoms with Gasteiger partial charge in [0.25, 0.3) is 5.91 Å². The first kappa shape index (κ1) is 15.3. The summed E-state index contributed by atoms with van der Waals surface area (Å²) in [7, 11) is 0. The van der Waals surface area contributed by atoms with Crippen LogP contribution in [0, 0.1) is 5.82 Å². The van der Waals surface area contributed by atoms with Crippen LogP contribution < -0.4 is 11.1 Å². The van der Waals surface area contributed by atoms with Gasteiger partial charge in [0.05, 0.1) is 5.56 Å². The van der Waals surface area contributed by atoms with Crippen LogP contribution in [0.4, 0.5) is 10.1 Å². The molecule has 0 spiro atoms. The molecular formula is C15H19FN2O3. The molecule has 6 heteroatoms. The zero-order valence-electron chi connectivity index (χ0n) is 11.7. The number of hydrogen-bond donors (Lipinski definition) is 2. The van der Waals surface area contributed by atoms with Crippen LogP contribution in [-0.2, 0) is 9.53 Å². The van der Waals surface area contributed by atoms with Crippen LogP contribution in [-0.4, -0.2) is 24.5 Å². The highest BCUT2D eigenvalue weighted by Gasteiger charge is 2.18.